The second-order valence-corrected chi connectivity index (χ2v) is 5.14. The van der Waals surface area contributed by atoms with Gasteiger partial charge in [0.15, 0.2) is 0 Å². The van der Waals surface area contributed by atoms with Crippen LogP contribution in [0.1, 0.15) is 36.4 Å². The molecule has 1 aromatic carbocycles. The van der Waals surface area contributed by atoms with Gasteiger partial charge in [0.25, 0.3) is 0 Å². The molecule has 1 fully saturated rings. The van der Waals surface area contributed by atoms with Crippen LogP contribution >= 0.6 is 0 Å². The third-order valence-electron chi connectivity index (χ3n) is 4.10. The highest BCUT2D eigenvalue weighted by Crippen LogP contribution is 2.38. The first kappa shape index (κ1) is 10.8. The molecule has 1 heterocycles. The lowest BCUT2D eigenvalue weighted by Crippen LogP contribution is -2.12. The zero-order valence-corrected chi connectivity index (χ0v) is 10.7. The maximum atomic E-state index is 3.25. The van der Waals surface area contributed by atoms with Crippen molar-refractivity contribution < 1.29 is 0 Å². The van der Waals surface area contributed by atoms with E-state index in [2.05, 4.69) is 41.2 Å². The summed E-state index contributed by atoms with van der Waals surface area (Å²) < 4.78 is 2.39. The molecule has 0 atom stereocenters. The molecule has 2 heteroatoms. The molecular weight excluding hydrogens is 208 g/mol. The maximum Gasteiger partial charge on any atom is 0.0483 e. The van der Waals surface area contributed by atoms with Crippen molar-refractivity contribution in [2.75, 3.05) is 7.05 Å². The van der Waals surface area contributed by atoms with Crippen LogP contribution in [-0.4, -0.2) is 11.6 Å². The van der Waals surface area contributed by atoms with E-state index in [1.807, 2.05) is 7.05 Å². The van der Waals surface area contributed by atoms with Gasteiger partial charge in [0.2, 0.25) is 0 Å². The van der Waals surface area contributed by atoms with Crippen LogP contribution in [0.4, 0.5) is 0 Å². The van der Waals surface area contributed by atoms with Gasteiger partial charge in [-0.1, -0.05) is 18.6 Å². The maximum absolute atomic E-state index is 3.25. The SMILES string of the molecule is CNCc1cccc2c1cc(C1CCC1)n2C. The topological polar surface area (TPSA) is 17.0 Å². The molecule has 2 nitrogen and oxygen atoms in total. The van der Waals surface area contributed by atoms with Crippen molar-refractivity contribution in [2.45, 2.75) is 31.7 Å². The van der Waals surface area contributed by atoms with Crippen molar-refractivity contribution in [3.8, 4) is 0 Å². The third kappa shape index (κ3) is 1.67. The second-order valence-electron chi connectivity index (χ2n) is 5.14. The van der Waals surface area contributed by atoms with E-state index >= 15 is 0 Å². The smallest absolute Gasteiger partial charge is 0.0483 e. The summed E-state index contributed by atoms with van der Waals surface area (Å²) in [6.45, 7) is 0.950. The lowest BCUT2D eigenvalue weighted by Gasteiger charge is -2.26. The first-order valence-corrected chi connectivity index (χ1v) is 6.53. The summed E-state index contributed by atoms with van der Waals surface area (Å²) >= 11 is 0. The zero-order chi connectivity index (χ0) is 11.8. The average molecular weight is 228 g/mol. The molecule has 1 aliphatic rings. The van der Waals surface area contributed by atoms with Crippen molar-refractivity contribution in [3.63, 3.8) is 0 Å². The van der Waals surface area contributed by atoms with E-state index < -0.39 is 0 Å². The summed E-state index contributed by atoms with van der Waals surface area (Å²) in [4.78, 5) is 0. The Kier molecular flexibility index (Phi) is 2.67. The van der Waals surface area contributed by atoms with E-state index in [0.29, 0.717) is 0 Å². The Balaban J connectivity index is 2.13. The number of aromatic nitrogens is 1. The summed E-state index contributed by atoms with van der Waals surface area (Å²) in [6.07, 6.45) is 4.13. The molecular formula is C15H20N2. The Labute approximate surface area is 103 Å². The van der Waals surface area contributed by atoms with Gasteiger partial charge in [-0.3, -0.25) is 0 Å². The van der Waals surface area contributed by atoms with Crippen molar-refractivity contribution >= 4 is 10.9 Å². The summed E-state index contributed by atoms with van der Waals surface area (Å²) in [5.41, 5.74) is 4.31. The quantitative estimate of drug-likeness (QED) is 0.854. The highest BCUT2D eigenvalue weighted by molar-refractivity contribution is 5.85. The number of hydrogen-bond donors (Lipinski definition) is 1. The van der Waals surface area contributed by atoms with Gasteiger partial charge in [0, 0.05) is 30.2 Å². The minimum Gasteiger partial charge on any atom is -0.347 e. The fourth-order valence-corrected chi connectivity index (χ4v) is 2.88. The molecule has 0 bridgehead atoms. The van der Waals surface area contributed by atoms with Crippen LogP contribution in [0.15, 0.2) is 24.3 Å². The first-order valence-electron chi connectivity index (χ1n) is 6.53. The van der Waals surface area contributed by atoms with Gasteiger partial charge in [0.05, 0.1) is 0 Å². The molecule has 0 spiro atoms. The first-order chi connectivity index (χ1) is 8.31. The molecule has 0 aliphatic heterocycles. The van der Waals surface area contributed by atoms with Crippen molar-refractivity contribution in [2.24, 2.45) is 7.05 Å². The van der Waals surface area contributed by atoms with Crippen LogP contribution in [0.5, 0.6) is 0 Å². The third-order valence-corrected chi connectivity index (χ3v) is 4.10. The van der Waals surface area contributed by atoms with E-state index in [9.17, 15) is 0 Å². The van der Waals surface area contributed by atoms with E-state index in [-0.39, 0.29) is 0 Å². The Morgan fingerprint density at radius 1 is 1.35 bits per heavy atom. The Morgan fingerprint density at radius 2 is 2.18 bits per heavy atom. The van der Waals surface area contributed by atoms with E-state index in [1.54, 1.807) is 0 Å². The largest absolute Gasteiger partial charge is 0.347 e. The van der Waals surface area contributed by atoms with E-state index in [1.165, 1.54) is 41.4 Å². The monoisotopic (exact) mass is 228 g/mol. The molecule has 1 saturated carbocycles. The Morgan fingerprint density at radius 3 is 2.82 bits per heavy atom. The van der Waals surface area contributed by atoms with Gasteiger partial charge in [-0.2, -0.15) is 0 Å². The number of hydrogen-bond acceptors (Lipinski definition) is 1. The molecule has 1 aliphatic carbocycles. The summed E-state index contributed by atoms with van der Waals surface area (Å²) in [5.74, 6) is 0.801. The van der Waals surface area contributed by atoms with Crippen LogP contribution in [-0.2, 0) is 13.6 Å². The van der Waals surface area contributed by atoms with Gasteiger partial charge in [-0.15, -0.1) is 0 Å². The number of benzene rings is 1. The molecule has 17 heavy (non-hydrogen) atoms. The fraction of sp³-hybridized carbons (Fsp3) is 0.467. The minimum absolute atomic E-state index is 0.801. The molecule has 0 amide bonds. The van der Waals surface area contributed by atoms with E-state index in [0.717, 1.165) is 12.5 Å². The molecule has 3 rings (SSSR count). The lowest BCUT2D eigenvalue weighted by molar-refractivity contribution is 0.404. The zero-order valence-electron chi connectivity index (χ0n) is 10.7. The minimum atomic E-state index is 0.801. The molecule has 1 aromatic heterocycles. The molecule has 2 aromatic rings. The predicted octanol–water partition coefficient (Wildman–Crippen LogP) is 3.17. The number of aryl methyl sites for hydroxylation is 1. The molecule has 90 valence electrons. The normalized spacial score (nSPS) is 16.4. The number of nitrogens with zero attached hydrogens (tertiary/aromatic N) is 1. The van der Waals surface area contributed by atoms with Crippen LogP contribution < -0.4 is 5.32 Å². The van der Waals surface area contributed by atoms with E-state index in [4.69, 9.17) is 0 Å². The summed E-state index contributed by atoms with van der Waals surface area (Å²) in [7, 11) is 4.22. The lowest BCUT2D eigenvalue weighted by atomic mass is 9.83. The molecule has 0 radical (unpaired) electrons. The van der Waals surface area contributed by atoms with Gasteiger partial charge in [-0.05, 0) is 43.5 Å². The van der Waals surface area contributed by atoms with Gasteiger partial charge >= 0.3 is 0 Å². The summed E-state index contributed by atoms with van der Waals surface area (Å²) in [6, 6.07) is 9.03. The summed E-state index contributed by atoms with van der Waals surface area (Å²) in [5, 5.41) is 4.68. The van der Waals surface area contributed by atoms with Gasteiger partial charge in [0.1, 0.15) is 0 Å². The highest BCUT2D eigenvalue weighted by Gasteiger charge is 2.23. The van der Waals surface area contributed by atoms with Crippen LogP contribution in [0.3, 0.4) is 0 Å². The predicted molar refractivity (Wildman–Crippen MR) is 72.3 cm³/mol. The van der Waals surface area contributed by atoms with Crippen molar-refractivity contribution in [1.82, 2.24) is 9.88 Å². The Bertz CT molecular complexity index is 535. The standard InChI is InChI=1S/C15H20N2/c1-16-10-12-7-4-8-14-13(12)9-15(17(14)2)11-5-3-6-11/h4,7-9,11,16H,3,5-6,10H2,1-2H3. The van der Waals surface area contributed by atoms with Gasteiger partial charge in [-0.25, -0.2) is 0 Å². The number of nitrogens with one attached hydrogen (secondary N) is 1. The molecule has 1 N–H and O–H groups in total. The highest BCUT2D eigenvalue weighted by atomic mass is 15.0. The fourth-order valence-electron chi connectivity index (χ4n) is 2.88. The van der Waals surface area contributed by atoms with Crippen molar-refractivity contribution in [1.29, 1.82) is 0 Å². The molecule has 0 saturated heterocycles. The second kappa shape index (κ2) is 4.19. The van der Waals surface area contributed by atoms with Crippen LogP contribution in [0, 0.1) is 0 Å². The molecule has 0 unspecified atom stereocenters. The van der Waals surface area contributed by atoms with Gasteiger partial charge < -0.3 is 9.88 Å². The number of fused-ring (bicyclic) bond motifs is 1. The average Bonchev–Trinajstić information content (AvgIpc) is 2.57. The van der Waals surface area contributed by atoms with Crippen LogP contribution in [0.2, 0.25) is 0 Å². The Hall–Kier alpha value is -1.28. The van der Waals surface area contributed by atoms with Crippen LogP contribution in [0.25, 0.3) is 10.9 Å². The number of rotatable bonds is 3. The van der Waals surface area contributed by atoms with Crippen molar-refractivity contribution in [3.05, 3.63) is 35.5 Å².